The highest BCUT2D eigenvalue weighted by atomic mass is 32.1. The number of hydrogen-bond donors (Lipinski definition) is 0. The first-order valence-electron chi connectivity index (χ1n) is 16.1. The molecule has 0 aliphatic rings. The van der Waals surface area contributed by atoms with Crippen LogP contribution in [0.25, 0.3) is 88.2 Å². The van der Waals surface area contributed by atoms with E-state index in [1.807, 2.05) is 78.9 Å². The van der Waals surface area contributed by atoms with Crippen LogP contribution in [-0.2, 0) is 0 Å². The summed E-state index contributed by atoms with van der Waals surface area (Å²) in [5, 5.41) is 1.13. The molecule has 9 rings (SSSR count). The van der Waals surface area contributed by atoms with Gasteiger partial charge in [0, 0.05) is 37.9 Å². The van der Waals surface area contributed by atoms with Crippen LogP contribution in [-0.4, -0.2) is 24.9 Å². The zero-order valence-corrected chi connectivity index (χ0v) is 27.0. The minimum absolute atomic E-state index is 0.590. The lowest BCUT2D eigenvalue weighted by Crippen LogP contribution is -2.00. The maximum Gasteiger partial charge on any atom is 0.164 e. The fourth-order valence-electron chi connectivity index (χ4n) is 6.13. The Balaban J connectivity index is 1.22. The largest absolute Gasteiger partial charge is 0.226 e. The van der Waals surface area contributed by atoms with Crippen LogP contribution in [0.15, 0.2) is 164 Å². The summed E-state index contributed by atoms with van der Waals surface area (Å²) in [6.45, 7) is 0. The van der Waals surface area contributed by atoms with E-state index in [9.17, 15) is 0 Å². The minimum Gasteiger partial charge on any atom is -0.226 e. The summed E-state index contributed by atoms with van der Waals surface area (Å²) in [5.41, 5.74) is 8.85. The molecule has 9 aromatic rings. The number of rotatable bonds is 6. The fourth-order valence-corrected chi connectivity index (χ4v) is 7.28. The van der Waals surface area contributed by atoms with Crippen molar-refractivity contribution in [2.75, 3.05) is 0 Å². The maximum absolute atomic E-state index is 5.28. The van der Waals surface area contributed by atoms with Gasteiger partial charge in [-0.2, -0.15) is 0 Å². The minimum atomic E-state index is 0.590. The van der Waals surface area contributed by atoms with E-state index < -0.39 is 0 Å². The van der Waals surface area contributed by atoms with Gasteiger partial charge < -0.3 is 0 Å². The number of thiophene rings is 1. The Bertz CT molecular complexity index is 2540. The Morgan fingerprint density at radius 1 is 0.327 bits per heavy atom. The predicted octanol–water partition coefficient (Wildman–Crippen LogP) is 11.0. The van der Waals surface area contributed by atoms with Gasteiger partial charge in [-0.3, -0.25) is 0 Å². The zero-order valence-electron chi connectivity index (χ0n) is 26.2. The first kappa shape index (κ1) is 28.8. The Hall–Kier alpha value is -6.37. The van der Waals surface area contributed by atoms with E-state index in [0.29, 0.717) is 23.3 Å². The Morgan fingerprint density at radius 2 is 0.776 bits per heavy atom. The van der Waals surface area contributed by atoms with Crippen LogP contribution in [0, 0.1) is 0 Å². The van der Waals surface area contributed by atoms with E-state index in [1.165, 1.54) is 10.3 Å². The molecular weight excluding hydrogens is 619 g/mol. The van der Waals surface area contributed by atoms with Crippen molar-refractivity contribution in [1.82, 2.24) is 24.9 Å². The van der Waals surface area contributed by atoms with Gasteiger partial charge in [-0.1, -0.05) is 146 Å². The maximum atomic E-state index is 5.28. The van der Waals surface area contributed by atoms with Crippen LogP contribution in [0.4, 0.5) is 0 Å². The van der Waals surface area contributed by atoms with E-state index in [2.05, 4.69) is 84.9 Å². The van der Waals surface area contributed by atoms with E-state index in [1.54, 1.807) is 11.3 Å². The normalized spacial score (nSPS) is 11.3. The van der Waals surface area contributed by atoms with E-state index in [4.69, 9.17) is 24.9 Å². The van der Waals surface area contributed by atoms with Gasteiger partial charge >= 0.3 is 0 Å². The van der Waals surface area contributed by atoms with Crippen LogP contribution in [0.1, 0.15) is 0 Å². The van der Waals surface area contributed by atoms with Gasteiger partial charge in [-0.05, 0) is 29.3 Å². The molecule has 6 heteroatoms. The molecule has 230 valence electrons. The molecule has 0 N–H and O–H groups in total. The molecule has 0 aliphatic heterocycles. The van der Waals surface area contributed by atoms with E-state index in [-0.39, 0.29) is 0 Å². The number of nitrogens with zero attached hydrogens (tertiary/aromatic N) is 5. The molecule has 6 aromatic carbocycles. The highest BCUT2D eigenvalue weighted by Crippen LogP contribution is 2.40. The first-order chi connectivity index (χ1) is 24.3. The van der Waals surface area contributed by atoms with Crippen molar-refractivity contribution in [2.24, 2.45) is 0 Å². The molecule has 0 aliphatic carbocycles. The predicted molar refractivity (Wildman–Crippen MR) is 201 cm³/mol. The summed E-state index contributed by atoms with van der Waals surface area (Å²) in [4.78, 5) is 25.3. The van der Waals surface area contributed by atoms with Gasteiger partial charge in [0.1, 0.15) is 0 Å². The first-order valence-corrected chi connectivity index (χ1v) is 16.9. The molecule has 3 heterocycles. The summed E-state index contributed by atoms with van der Waals surface area (Å²) in [6.07, 6.45) is 0. The molecule has 49 heavy (non-hydrogen) atoms. The second kappa shape index (κ2) is 12.3. The second-order valence-corrected chi connectivity index (χ2v) is 12.8. The molecule has 0 unspecified atom stereocenters. The summed E-state index contributed by atoms with van der Waals surface area (Å²) < 4.78 is 2.26. The lowest BCUT2D eigenvalue weighted by atomic mass is 10.0. The lowest BCUT2D eigenvalue weighted by molar-refractivity contribution is 1.07. The summed E-state index contributed by atoms with van der Waals surface area (Å²) in [7, 11) is 0. The van der Waals surface area contributed by atoms with E-state index >= 15 is 0 Å². The molecule has 5 nitrogen and oxygen atoms in total. The van der Waals surface area contributed by atoms with E-state index in [0.717, 1.165) is 54.7 Å². The van der Waals surface area contributed by atoms with Crippen molar-refractivity contribution in [2.45, 2.75) is 0 Å². The third kappa shape index (κ3) is 5.54. The van der Waals surface area contributed by atoms with Gasteiger partial charge in [-0.25, -0.2) is 24.9 Å². The average Bonchev–Trinajstić information content (AvgIpc) is 3.57. The summed E-state index contributed by atoms with van der Waals surface area (Å²) in [5.74, 6) is 2.49. The Morgan fingerprint density at radius 3 is 1.41 bits per heavy atom. The Labute approximate surface area is 287 Å². The summed E-state index contributed by atoms with van der Waals surface area (Å²) in [6, 6.07) is 55.8. The molecule has 0 saturated heterocycles. The Kier molecular flexibility index (Phi) is 7.26. The average molecular weight is 646 g/mol. The number of hydrogen-bond acceptors (Lipinski definition) is 6. The number of aromatic nitrogens is 5. The topological polar surface area (TPSA) is 64.5 Å². The second-order valence-electron chi connectivity index (χ2n) is 11.7. The van der Waals surface area contributed by atoms with Crippen LogP contribution in [0.3, 0.4) is 0 Å². The fraction of sp³-hybridized carbons (Fsp3) is 0. The van der Waals surface area contributed by atoms with Gasteiger partial charge in [0.05, 0.1) is 15.9 Å². The van der Waals surface area contributed by atoms with Crippen molar-refractivity contribution in [3.05, 3.63) is 164 Å². The van der Waals surface area contributed by atoms with Gasteiger partial charge in [-0.15, -0.1) is 11.3 Å². The van der Waals surface area contributed by atoms with Crippen molar-refractivity contribution in [3.8, 4) is 67.9 Å². The van der Waals surface area contributed by atoms with Crippen LogP contribution < -0.4 is 0 Å². The van der Waals surface area contributed by atoms with Crippen molar-refractivity contribution in [3.63, 3.8) is 0 Å². The molecule has 0 radical (unpaired) electrons. The van der Waals surface area contributed by atoms with Crippen molar-refractivity contribution < 1.29 is 0 Å². The smallest absolute Gasteiger partial charge is 0.164 e. The molecule has 0 saturated carbocycles. The number of fused-ring (bicyclic) bond motifs is 3. The SMILES string of the molecule is c1ccc(-c2cccc(-c3nc(-c4cccc(-c5nc(-c6ccccc6)nc(-c6ccccc6)n5)c4)nc4c3sc3ccccc34)c2)cc1. The van der Waals surface area contributed by atoms with Crippen LogP contribution >= 0.6 is 11.3 Å². The zero-order chi connectivity index (χ0) is 32.6. The quantitative estimate of drug-likeness (QED) is 0.180. The van der Waals surface area contributed by atoms with Crippen LogP contribution in [0.5, 0.6) is 0 Å². The highest BCUT2D eigenvalue weighted by molar-refractivity contribution is 7.26. The van der Waals surface area contributed by atoms with Crippen LogP contribution in [0.2, 0.25) is 0 Å². The van der Waals surface area contributed by atoms with Gasteiger partial charge in [0.25, 0.3) is 0 Å². The van der Waals surface area contributed by atoms with Crippen molar-refractivity contribution >= 4 is 31.6 Å². The molecule has 0 spiro atoms. The standard InChI is InChI=1S/C43H27N5S/c1-4-14-28(15-5-1)31-20-12-21-32(26-31)37-39-38(35-24-10-11-25-36(35)49-39)45-42(44-37)33-22-13-23-34(27-33)43-47-40(29-16-6-2-7-17-29)46-41(48-43)30-18-8-3-9-19-30/h1-27H. The summed E-state index contributed by atoms with van der Waals surface area (Å²) >= 11 is 1.74. The molecule has 0 bridgehead atoms. The number of benzene rings is 6. The molecule has 3 aromatic heterocycles. The van der Waals surface area contributed by atoms with Crippen molar-refractivity contribution in [1.29, 1.82) is 0 Å². The third-order valence-electron chi connectivity index (χ3n) is 8.54. The molecule has 0 atom stereocenters. The monoisotopic (exact) mass is 645 g/mol. The molecule has 0 fully saturated rings. The highest BCUT2D eigenvalue weighted by Gasteiger charge is 2.18. The molecular formula is C43H27N5S. The van der Waals surface area contributed by atoms with Gasteiger partial charge in [0.2, 0.25) is 0 Å². The lowest BCUT2D eigenvalue weighted by Gasteiger charge is -2.11. The van der Waals surface area contributed by atoms with Gasteiger partial charge in [0.15, 0.2) is 23.3 Å². The third-order valence-corrected chi connectivity index (χ3v) is 9.71. The molecule has 0 amide bonds.